The van der Waals surface area contributed by atoms with Gasteiger partial charge in [-0.1, -0.05) is 0 Å². The Balaban J connectivity index is 1.33. The molecule has 13 heteroatoms. The Labute approximate surface area is 306 Å². The maximum atomic E-state index is 13.9. The Morgan fingerprint density at radius 2 is 0.833 bits per heavy atom. The molecule has 0 bridgehead atoms. The van der Waals surface area contributed by atoms with Crippen molar-refractivity contribution in [1.82, 2.24) is 0 Å². The quantitative estimate of drug-likeness (QED) is 0.139. The topological polar surface area (TPSA) is 0 Å². The van der Waals surface area contributed by atoms with E-state index in [1.165, 1.54) is 0 Å². The fourth-order valence-electron chi connectivity index (χ4n) is 9.85. The molecule has 54 heavy (non-hydrogen) atoms. The number of fused-ring (bicyclic) bond motifs is 8. The van der Waals surface area contributed by atoms with Crippen LogP contribution in [0.4, 0.5) is 52.7 Å². The molecule has 1 aliphatic heterocycles. The van der Waals surface area contributed by atoms with E-state index in [9.17, 15) is 52.7 Å². The second-order valence-corrected chi connectivity index (χ2v) is 32.6. The van der Waals surface area contributed by atoms with E-state index >= 15 is 0 Å². The van der Waals surface area contributed by atoms with Gasteiger partial charge in [0.25, 0.3) is 0 Å². The Bertz CT molecular complexity index is 2060. The summed E-state index contributed by atoms with van der Waals surface area (Å²) in [5.74, 6) is 0. The summed E-state index contributed by atoms with van der Waals surface area (Å²) in [6, 6.07) is 13.4. The van der Waals surface area contributed by atoms with Crippen LogP contribution in [0.25, 0.3) is 34.4 Å². The molecule has 8 rings (SSSR count). The van der Waals surface area contributed by atoms with Crippen molar-refractivity contribution in [3.63, 3.8) is 0 Å². The van der Waals surface area contributed by atoms with Crippen molar-refractivity contribution in [2.75, 3.05) is 0 Å². The van der Waals surface area contributed by atoms with Crippen molar-refractivity contribution in [3.8, 4) is 22.3 Å². The van der Waals surface area contributed by atoms with Crippen LogP contribution in [-0.2, 0) is 44.7 Å². The number of benzene rings is 4. The van der Waals surface area contributed by atoms with E-state index in [0.717, 1.165) is 59.4 Å². The second kappa shape index (κ2) is 11.9. The zero-order chi connectivity index (χ0) is 39.0. The number of alkyl halides is 12. The van der Waals surface area contributed by atoms with Gasteiger partial charge in [0.15, 0.2) is 0 Å². The molecular formula is C41H30F12Hf. The van der Waals surface area contributed by atoms with Crippen LogP contribution in [0, 0.1) is 5.41 Å². The van der Waals surface area contributed by atoms with Crippen LogP contribution in [0.2, 0.25) is 9.36 Å². The second-order valence-electron chi connectivity index (χ2n) is 15.4. The average Bonchev–Trinajstić information content (AvgIpc) is 3.82. The molecule has 1 saturated heterocycles. The molecule has 2 fully saturated rings. The molecule has 4 aromatic carbocycles. The minimum atomic E-state index is -5.02. The number of hydrogen-bond acceptors (Lipinski definition) is 0. The van der Waals surface area contributed by atoms with Gasteiger partial charge in [0, 0.05) is 0 Å². The molecule has 2 unspecified atom stereocenters. The standard InChI is InChI=1S/C39H24F12.2CH3.Hf/c40-36(41,42)27-13-23(14-28(17-27)37(43,44)45)31-7-3-5-21-11-25(19-33(21)31)35(9-1-2-10-35)26-12-22-6-4-8-32(34(22)20-26)24-15-29(38(46,47)48)18-30(16-24)39(49,50)51;;;/h3-8,11-20H,1-2,9-10H2;2*1H3;. The molecule has 4 aliphatic rings. The van der Waals surface area contributed by atoms with Gasteiger partial charge in [0.05, 0.1) is 0 Å². The normalized spacial score (nSPS) is 21.4. The van der Waals surface area contributed by atoms with E-state index < -0.39 is 72.3 Å². The van der Waals surface area contributed by atoms with Crippen LogP contribution < -0.4 is 0 Å². The van der Waals surface area contributed by atoms with Gasteiger partial charge in [-0.3, -0.25) is 0 Å². The minimum absolute atomic E-state index is 0.112. The summed E-state index contributed by atoms with van der Waals surface area (Å²) in [5.41, 5.74) is -1.09. The summed E-state index contributed by atoms with van der Waals surface area (Å²) in [7, 11) is 0. The Hall–Kier alpha value is -3.61. The first-order valence-corrected chi connectivity index (χ1v) is 28.6. The van der Waals surface area contributed by atoms with Crippen molar-refractivity contribution >= 4 is 12.2 Å². The van der Waals surface area contributed by atoms with Gasteiger partial charge in [-0.25, -0.2) is 0 Å². The summed E-state index contributed by atoms with van der Waals surface area (Å²) >= 11 is -3.92. The van der Waals surface area contributed by atoms with E-state index in [1.807, 2.05) is 24.3 Å². The predicted octanol–water partition coefficient (Wildman–Crippen LogP) is 14.5. The van der Waals surface area contributed by atoms with E-state index in [4.69, 9.17) is 0 Å². The fraction of sp³-hybridized carbons (Fsp3) is 0.317. The summed E-state index contributed by atoms with van der Waals surface area (Å²) in [6.45, 7) is 0. The number of rotatable bonds is 2. The van der Waals surface area contributed by atoms with Crippen molar-refractivity contribution in [1.29, 1.82) is 0 Å². The predicted molar refractivity (Wildman–Crippen MR) is 178 cm³/mol. The van der Waals surface area contributed by atoms with Crippen molar-refractivity contribution < 1.29 is 72.7 Å². The average molecular weight is 929 g/mol. The fourth-order valence-corrected chi connectivity index (χ4v) is 27.0. The molecule has 0 aromatic heterocycles. The summed E-state index contributed by atoms with van der Waals surface area (Å²) in [5, 5.41) is 0. The van der Waals surface area contributed by atoms with Gasteiger partial charge in [0.1, 0.15) is 0 Å². The van der Waals surface area contributed by atoms with Gasteiger partial charge in [-0.05, 0) is 0 Å². The summed E-state index contributed by atoms with van der Waals surface area (Å²) in [4.78, 5) is 0. The number of hydrogen-bond donors (Lipinski definition) is 0. The Morgan fingerprint density at radius 1 is 0.500 bits per heavy atom. The third-order valence-electron chi connectivity index (χ3n) is 12.0. The van der Waals surface area contributed by atoms with Crippen LogP contribution in [-0.4, -0.2) is 0 Å². The van der Waals surface area contributed by atoms with Crippen LogP contribution in [0.1, 0.15) is 77.5 Å². The number of halogens is 12. The molecular weight excluding hydrogens is 899 g/mol. The first kappa shape index (κ1) is 37.3. The Morgan fingerprint density at radius 3 is 1.15 bits per heavy atom. The molecule has 1 heterocycles. The van der Waals surface area contributed by atoms with Gasteiger partial charge >= 0.3 is 308 Å². The third-order valence-corrected chi connectivity index (χ3v) is 27.1. The summed E-state index contributed by atoms with van der Waals surface area (Å²) < 4.78 is 171. The SMILES string of the molecule is [CH3][Hf]1([CH3])[CH]2C(=Cc3c(-c4cc(C(F)(F)F)cc(C(F)(F)F)c4)cccc32)C2(CCCC2)C2=Cc3c(-c4cc(C(F)(F)F)cc(C(F)(F)F)c4)cccc3[CH]21. The molecule has 1 spiro atoms. The zero-order valence-electron chi connectivity index (χ0n) is 28.6. The van der Waals surface area contributed by atoms with Gasteiger partial charge in [-0.2, -0.15) is 0 Å². The Kier molecular flexibility index (Phi) is 8.26. The van der Waals surface area contributed by atoms with E-state index in [0.29, 0.717) is 24.0 Å². The molecule has 4 aromatic rings. The van der Waals surface area contributed by atoms with Crippen molar-refractivity contribution in [2.45, 2.75) is 67.1 Å². The van der Waals surface area contributed by atoms with E-state index in [2.05, 4.69) is 9.36 Å². The van der Waals surface area contributed by atoms with Crippen LogP contribution >= 0.6 is 0 Å². The first-order chi connectivity index (χ1) is 25.0. The first-order valence-electron chi connectivity index (χ1n) is 17.3. The van der Waals surface area contributed by atoms with Crippen LogP contribution in [0.15, 0.2) is 83.9 Å². The molecule has 1 saturated carbocycles. The molecule has 0 amide bonds. The zero-order valence-corrected chi connectivity index (χ0v) is 32.2. The van der Waals surface area contributed by atoms with Crippen LogP contribution in [0.3, 0.4) is 0 Å². The van der Waals surface area contributed by atoms with Crippen molar-refractivity contribution in [3.05, 3.63) is 128 Å². The third kappa shape index (κ3) is 5.76. The van der Waals surface area contributed by atoms with E-state index in [1.54, 1.807) is 24.3 Å². The monoisotopic (exact) mass is 930 g/mol. The van der Waals surface area contributed by atoms with Gasteiger partial charge in [-0.15, -0.1) is 0 Å². The molecule has 3 aliphatic carbocycles. The molecule has 282 valence electrons. The van der Waals surface area contributed by atoms with Gasteiger partial charge < -0.3 is 0 Å². The van der Waals surface area contributed by atoms with Gasteiger partial charge in [0.2, 0.25) is 0 Å². The molecule has 2 atom stereocenters. The van der Waals surface area contributed by atoms with Crippen LogP contribution in [0.5, 0.6) is 0 Å². The molecule has 0 radical (unpaired) electrons. The molecule has 0 N–H and O–H groups in total. The molecule has 0 nitrogen and oxygen atoms in total. The van der Waals surface area contributed by atoms with E-state index in [-0.39, 0.29) is 41.7 Å². The number of allylic oxidation sites excluding steroid dienone is 2. The summed E-state index contributed by atoms with van der Waals surface area (Å²) in [6.07, 6.45) is -13.1. The maximum absolute atomic E-state index is 13.9. The van der Waals surface area contributed by atoms with Crippen molar-refractivity contribution in [2.24, 2.45) is 5.41 Å².